The summed E-state index contributed by atoms with van der Waals surface area (Å²) in [5.41, 5.74) is 8.61. The molecular weight excluding hydrogens is 210 g/mol. The topological polar surface area (TPSA) is 35.2 Å². The molecule has 0 radical (unpaired) electrons. The van der Waals surface area contributed by atoms with Gasteiger partial charge < -0.3 is 10.5 Å². The second-order valence-corrected chi connectivity index (χ2v) is 5.18. The number of benzene rings is 1. The molecule has 0 saturated heterocycles. The highest BCUT2D eigenvalue weighted by atomic mass is 16.5. The molecule has 2 heteroatoms. The van der Waals surface area contributed by atoms with Gasteiger partial charge in [-0.2, -0.15) is 0 Å². The fourth-order valence-electron chi connectivity index (χ4n) is 3.05. The third kappa shape index (κ3) is 2.70. The summed E-state index contributed by atoms with van der Waals surface area (Å²) in [4.78, 5) is 0. The lowest BCUT2D eigenvalue weighted by Crippen LogP contribution is -2.34. The molecule has 2 nitrogen and oxygen atoms in total. The van der Waals surface area contributed by atoms with E-state index in [4.69, 9.17) is 10.5 Å². The molecule has 0 amide bonds. The number of hydrogen-bond donors (Lipinski definition) is 1. The van der Waals surface area contributed by atoms with E-state index in [1.54, 1.807) is 0 Å². The van der Waals surface area contributed by atoms with E-state index in [0.29, 0.717) is 6.54 Å². The molecule has 0 heterocycles. The summed E-state index contributed by atoms with van der Waals surface area (Å²) in [6.07, 6.45) is 6.48. The minimum Gasteiger partial charge on any atom is -0.384 e. The summed E-state index contributed by atoms with van der Waals surface area (Å²) in [5, 5.41) is 0. The van der Waals surface area contributed by atoms with Gasteiger partial charge in [0.05, 0.1) is 6.61 Å². The minimum absolute atomic E-state index is 0.234. The van der Waals surface area contributed by atoms with E-state index in [-0.39, 0.29) is 5.41 Å². The number of nitrogens with two attached hydrogens (primary N) is 1. The first-order valence-corrected chi connectivity index (χ1v) is 6.59. The van der Waals surface area contributed by atoms with Crippen LogP contribution in [0.5, 0.6) is 0 Å². The van der Waals surface area contributed by atoms with Crippen molar-refractivity contribution in [3.63, 3.8) is 0 Å². The zero-order valence-corrected chi connectivity index (χ0v) is 10.7. The van der Waals surface area contributed by atoms with E-state index in [2.05, 4.69) is 24.3 Å². The quantitative estimate of drug-likeness (QED) is 0.867. The maximum atomic E-state index is 5.73. The average Bonchev–Trinajstić information content (AvgIpc) is 2.40. The summed E-state index contributed by atoms with van der Waals surface area (Å²) < 4.78 is 5.48. The molecule has 0 bridgehead atoms. The van der Waals surface area contributed by atoms with Crippen molar-refractivity contribution in [1.82, 2.24) is 0 Å². The normalized spacial score (nSPS) is 19.2. The molecule has 1 aliphatic carbocycles. The highest BCUT2D eigenvalue weighted by Gasteiger charge is 2.33. The molecule has 1 aromatic carbocycles. The standard InChI is InChI=1S/C15H23NO/c1-17-12-15(8-3-2-4-9-15)14-7-5-6-13(10-14)11-16/h5-7,10H,2-4,8-9,11-12,16H2,1H3. The molecule has 1 aromatic rings. The second-order valence-electron chi connectivity index (χ2n) is 5.18. The van der Waals surface area contributed by atoms with Crippen LogP contribution in [-0.4, -0.2) is 13.7 Å². The Morgan fingerprint density at radius 3 is 2.65 bits per heavy atom. The van der Waals surface area contributed by atoms with Crippen molar-refractivity contribution in [1.29, 1.82) is 0 Å². The number of hydrogen-bond acceptors (Lipinski definition) is 2. The summed E-state index contributed by atoms with van der Waals surface area (Å²) in [6.45, 7) is 1.46. The van der Waals surface area contributed by atoms with Gasteiger partial charge in [0.1, 0.15) is 0 Å². The first kappa shape index (κ1) is 12.6. The van der Waals surface area contributed by atoms with E-state index in [1.165, 1.54) is 43.2 Å². The van der Waals surface area contributed by atoms with Crippen molar-refractivity contribution in [3.05, 3.63) is 35.4 Å². The highest BCUT2D eigenvalue weighted by molar-refractivity contribution is 5.31. The Balaban J connectivity index is 2.30. The summed E-state index contributed by atoms with van der Waals surface area (Å²) in [7, 11) is 1.81. The third-order valence-corrected chi connectivity index (χ3v) is 4.01. The van der Waals surface area contributed by atoms with Gasteiger partial charge in [0.15, 0.2) is 0 Å². The average molecular weight is 233 g/mol. The lowest BCUT2D eigenvalue weighted by molar-refractivity contribution is 0.103. The molecule has 2 N–H and O–H groups in total. The van der Waals surface area contributed by atoms with Crippen LogP contribution in [0.3, 0.4) is 0 Å². The molecule has 0 aliphatic heterocycles. The van der Waals surface area contributed by atoms with Gasteiger partial charge in [0.2, 0.25) is 0 Å². The van der Waals surface area contributed by atoms with Crippen LogP contribution in [0.2, 0.25) is 0 Å². The molecule has 94 valence electrons. The SMILES string of the molecule is COCC1(c2cccc(CN)c2)CCCCC1. The molecule has 0 unspecified atom stereocenters. The minimum atomic E-state index is 0.234. The van der Waals surface area contributed by atoms with Crippen molar-refractivity contribution in [2.75, 3.05) is 13.7 Å². The summed E-state index contributed by atoms with van der Waals surface area (Å²) in [5.74, 6) is 0. The Morgan fingerprint density at radius 1 is 1.24 bits per heavy atom. The van der Waals surface area contributed by atoms with Crippen LogP contribution in [0.1, 0.15) is 43.2 Å². The van der Waals surface area contributed by atoms with Crippen molar-refractivity contribution in [2.24, 2.45) is 5.73 Å². The van der Waals surface area contributed by atoms with Crippen LogP contribution < -0.4 is 5.73 Å². The molecule has 17 heavy (non-hydrogen) atoms. The Labute approximate surface area is 104 Å². The van der Waals surface area contributed by atoms with E-state index >= 15 is 0 Å². The fraction of sp³-hybridized carbons (Fsp3) is 0.600. The van der Waals surface area contributed by atoms with Crippen molar-refractivity contribution in [2.45, 2.75) is 44.1 Å². The van der Waals surface area contributed by atoms with Gasteiger partial charge in [-0.3, -0.25) is 0 Å². The predicted octanol–water partition coefficient (Wildman–Crippen LogP) is 2.99. The Morgan fingerprint density at radius 2 is 2.00 bits per heavy atom. The number of rotatable bonds is 4. The molecule has 0 aromatic heterocycles. The van der Waals surface area contributed by atoms with Gasteiger partial charge >= 0.3 is 0 Å². The lowest BCUT2D eigenvalue weighted by Gasteiger charge is -2.37. The van der Waals surface area contributed by atoms with Crippen LogP contribution in [0.25, 0.3) is 0 Å². The van der Waals surface area contributed by atoms with Crippen LogP contribution in [0.15, 0.2) is 24.3 Å². The van der Waals surface area contributed by atoms with Crippen molar-refractivity contribution < 1.29 is 4.74 Å². The van der Waals surface area contributed by atoms with Gasteiger partial charge in [-0.15, -0.1) is 0 Å². The predicted molar refractivity (Wildman–Crippen MR) is 71.0 cm³/mol. The van der Waals surface area contributed by atoms with Crippen molar-refractivity contribution >= 4 is 0 Å². The van der Waals surface area contributed by atoms with Gasteiger partial charge in [0, 0.05) is 19.1 Å². The van der Waals surface area contributed by atoms with Crippen LogP contribution in [0, 0.1) is 0 Å². The molecule has 0 spiro atoms. The third-order valence-electron chi connectivity index (χ3n) is 4.01. The summed E-state index contributed by atoms with van der Waals surface area (Å²) >= 11 is 0. The van der Waals surface area contributed by atoms with Gasteiger partial charge in [0.25, 0.3) is 0 Å². The van der Waals surface area contributed by atoms with Crippen LogP contribution in [-0.2, 0) is 16.7 Å². The van der Waals surface area contributed by atoms with E-state index in [9.17, 15) is 0 Å². The summed E-state index contributed by atoms with van der Waals surface area (Å²) in [6, 6.07) is 8.74. The maximum absolute atomic E-state index is 5.73. The number of methoxy groups -OCH3 is 1. The Hall–Kier alpha value is -0.860. The zero-order chi connectivity index (χ0) is 12.1. The molecule has 1 saturated carbocycles. The van der Waals surface area contributed by atoms with Gasteiger partial charge in [-0.25, -0.2) is 0 Å². The van der Waals surface area contributed by atoms with Gasteiger partial charge in [-0.05, 0) is 24.0 Å². The zero-order valence-electron chi connectivity index (χ0n) is 10.7. The first-order chi connectivity index (χ1) is 8.30. The fourth-order valence-corrected chi connectivity index (χ4v) is 3.05. The smallest absolute Gasteiger partial charge is 0.0559 e. The van der Waals surface area contributed by atoms with Gasteiger partial charge in [-0.1, -0.05) is 43.5 Å². The maximum Gasteiger partial charge on any atom is 0.0559 e. The van der Waals surface area contributed by atoms with Crippen LogP contribution in [0.4, 0.5) is 0 Å². The van der Waals surface area contributed by atoms with E-state index in [0.717, 1.165) is 6.61 Å². The Kier molecular flexibility index (Phi) is 4.19. The second kappa shape index (κ2) is 5.65. The largest absolute Gasteiger partial charge is 0.384 e. The lowest BCUT2D eigenvalue weighted by atomic mass is 9.70. The van der Waals surface area contributed by atoms with E-state index in [1.807, 2.05) is 7.11 Å². The number of ether oxygens (including phenoxy) is 1. The molecule has 0 atom stereocenters. The monoisotopic (exact) mass is 233 g/mol. The Bertz CT molecular complexity index is 350. The molecule has 1 aliphatic rings. The van der Waals surface area contributed by atoms with Crippen molar-refractivity contribution in [3.8, 4) is 0 Å². The van der Waals surface area contributed by atoms with E-state index < -0.39 is 0 Å². The molecule has 1 fully saturated rings. The molecule has 2 rings (SSSR count). The highest BCUT2D eigenvalue weighted by Crippen LogP contribution is 2.39. The first-order valence-electron chi connectivity index (χ1n) is 6.59. The van der Waals surface area contributed by atoms with Crippen LogP contribution >= 0.6 is 0 Å². The molecular formula is C15H23NO.